The number of carbonyl (C=O) groups excluding carboxylic acids is 1. The minimum absolute atomic E-state index is 0.0274. The zero-order chi connectivity index (χ0) is 13.9. The van der Waals surface area contributed by atoms with Crippen molar-refractivity contribution in [1.29, 1.82) is 0 Å². The third-order valence-corrected chi connectivity index (χ3v) is 3.83. The van der Waals surface area contributed by atoms with E-state index in [0.29, 0.717) is 5.56 Å². The Balaban J connectivity index is 2.07. The third kappa shape index (κ3) is 3.76. The van der Waals surface area contributed by atoms with Crippen LogP contribution in [0.1, 0.15) is 21.5 Å². The van der Waals surface area contributed by atoms with E-state index in [-0.39, 0.29) is 18.2 Å². The van der Waals surface area contributed by atoms with Gasteiger partial charge in [-0.1, -0.05) is 12.1 Å². The largest absolute Gasteiger partial charge is 0.351 e. The molecule has 0 saturated carbocycles. The van der Waals surface area contributed by atoms with Gasteiger partial charge >= 0.3 is 0 Å². The van der Waals surface area contributed by atoms with Gasteiger partial charge in [-0.2, -0.15) is 0 Å². The lowest BCUT2D eigenvalue weighted by atomic mass is 9.95. The summed E-state index contributed by atoms with van der Waals surface area (Å²) >= 11 is 0. The van der Waals surface area contributed by atoms with Crippen molar-refractivity contribution in [2.45, 2.75) is 13.0 Å². The maximum absolute atomic E-state index is 12.0. The molecule has 2 rings (SSSR count). The number of nitrogens with one attached hydrogen (secondary N) is 2. The number of benzene rings is 1. The minimum atomic E-state index is -3.54. The van der Waals surface area contributed by atoms with Gasteiger partial charge in [-0.3, -0.25) is 4.79 Å². The molecular formula is C12H17N3O3S. The SMILES string of the molecule is NS(=O)(=O)CCNC(=O)c1cccc2c1CCNC2. The summed E-state index contributed by atoms with van der Waals surface area (Å²) in [4.78, 5) is 12.0. The molecule has 0 spiro atoms. The van der Waals surface area contributed by atoms with Crippen LogP contribution in [-0.2, 0) is 23.0 Å². The molecule has 0 aliphatic carbocycles. The first-order valence-corrected chi connectivity index (χ1v) is 7.79. The van der Waals surface area contributed by atoms with Gasteiger partial charge in [0.25, 0.3) is 5.91 Å². The first-order valence-electron chi connectivity index (χ1n) is 6.07. The van der Waals surface area contributed by atoms with Crippen molar-refractivity contribution in [3.63, 3.8) is 0 Å². The highest BCUT2D eigenvalue weighted by molar-refractivity contribution is 7.89. The van der Waals surface area contributed by atoms with Gasteiger partial charge in [-0.25, -0.2) is 13.6 Å². The van der Waals surface area contributed by atoms with Gasteiger partial charge in [0.05, 0.1) is 5.75 Å². The lowest BCUT2D eigenvalue weighted by Gasteiger charge is -2.19. The smallest absolute Gasteiger partial charge is 0.251 e. The van der Waals surface area contributed by atoms with E-state index in [9.17, 15) is 13.2 Å². The monoisotopic (exact) mass is 283 g/mol. The average molecular weight is 283 g/mol. The Morgan fingerprint density at radius 1 is 1.42 bits per heavy atom. The molecule has 0 unspecified atom stereocenters. The normalized spacial score (nSPS) is 14.8. The summed E-state index contributed by atoms with van der Waals surface area (Å²) < 4.78 is 21.6. The van der Waals surface area contributed by atoms with Crippen LogP contribution < -0.4 is 15.8 Å². The quantitative estimate of drug-likeness (QED) is 0.683. The van der Waals surface area contributed by atoms with Gasteiger partial charge in [0.2, 0.25) is 10.0 Å². The second-order valence-corrected chi connectivity index (χ2v) is 6.23. The second kappa shape index (κ2) is 5.68. The van der Waals surface area contributed by atoms with Crippen LogP contribution >= 0.6 is 0 Å². The molecule has 1 aromatic carbocycles. The Labute approximate surface area is 112 Å². The molecule has 7 heteroatoms. The summed E-state index contributed by atoms with van der Waals surface area (Å²) in [5, 5.41) is 10.7. The molecular weight excluding hydrogens is 266 g/mol. The molecule has 0 saturated heterocycles. The number of hydrogen-bond acceptors (Lipinski definition) is 4. The summed E-state index contributed by atoms with van der Waals surface area (Å²) in [5.74, 6) is -0.502. The Morgan fingerprint density at radius 3 is 2.95 bits per heavy atom. The van der Waals surface area contributed by atoms with Crippen LogP contribution in [0.4, 0.5) is 0 Å². The molecule has 0 atom stereocenters. The van der Waals surface area contributed by atoms with Crippen LogP contribution in [0.15, 0.2) is 18.2 Å². The molecule has 104 valence electrons. The lowest BCUT2D eigenvalue weighted by molar-refractivity contribution is 0.0955. The van der Waals surface area contributed by atoms with E-state index in [4.69, 9.17) is 5.14 Å². The predicted molar refractivity (Wildman–Crippen MR) is 72.2 cm³/mol. The van der Waals surface area contributed by atoms with Gasteiger partial charge in [0.15, 0.2) is 0 Å². The topological polar surface area (TPSA) is 101 Å². The predicted octanol–water partition coefficient (Wildman–Crippen LogP) is -0.649. The summed E-state index contributed by atoms with van der Waals surface area (Å²) in [7, 11) is -3.54. The minimum Gasteiger partial charge on any atom is -0.351 e. The Kier molecular flexibility index (Phi) is 4.18. The first kappa shape index (κ1) is 14.0. The average Bonchev–Trinajstić information content (AvgIpc) is 2.36. The number of sulfonamides is 1. The molecule has 1 aliphatic heterocycles. The fourth-order valence-electron chi connectivity index (χ4n) is 2.15. The number of primary sulfonamides is 1. The van der Waals surface area contributed by atoms with Crippen LogP contribution in [0.25, 0.3) is 0 Å². The van der Waals surface area contributed by atoms with E-state index in [1.807, 2.05) is 12.1 Å². The van der Waals surface area contributed by atoms with E-state index in [0.717, 1.165) is 30.6 Å². The highest BCUT2D eigenvalue weighted by atomic mass is 32.2. The van der Waals surface area contributed by atoms with E-state index >= 15 is 0 Å². The number of amides is 1. The van der Waals surface area contributed by atoms with Crippen molar-refractivity contribution in [3.05, 3.63) is 34.9 Å². The van der Waals surface area contributed by atoms with Crippen molar-refractivity contribution in [1.82, 2.24) is 10.6 Å². The zero-order valence-corrected chi connectivity index (χ0v) is 11.3. The maximum atomic E-state index is 12.0. The number of rotatable bonds is 4. The molecule has 0 fully saturated rings. The summed E-state index contributed by atoms with van der Waals surface area (Å²) in [5.41, 5.74) is 2.77. The molecule has 19 heavy (non-hydrogen) atoms. The molecule has 0 aromatic heterocycles. The highest BCUT2D eigenvalue weighted by Crippen LogP contribution is 2.18. The molecule has 0 radical (unpaired) electrons. The fraction of sp³-hybridized carbons (Fsp3) is 0.417. The van der Waals surface area contributed by atoms with Crippen molar-refractivity contribution in [2.24, 2.45) is 5.14 Å². The zero-order valence-electron chi connectivity index (χ0n) is 10.5. The first-order chi connectivity index (χ1) is 8.97. The molecule has 4 N–H and O–H groups in total. The standard InChI is InChI=1S/C12H17N3O3S/c13-19(17,18)7-6-15-12(16)11-3-1-2-9-8-14-5-4-10(9)11/h1-3,14H,4-8H2,(H,15,16)(H2,13,17,18). The molecule has 1 amide bonds. The molecule has 1 heterocycles. The van der Waals surface area contributed by atoms with E-state index in [1.54, 1.807) is 6.07 Å². The molecule has 1 aliphatic rings. The summed E-state index contributed by atoms with van der Waals surface area (Å²) in [6.45, 7) is 1.63. The number of fused-ring (bicyclic) bond motifs is 1. The van der Waals surface area contributed by atoms with Gasteiger partial charge in [-0.05, 0) is 30.2 Å². The van der Waals surface area contributed by atoms with Crippen molar-refractivity contribution in [2.75, 3.05) is 18.8 Å². The van der Waals surface area contributed by atoms with Gasteiger partial charge < -0.3 is 10.6 Å². The molecule has 0 bridgehead atoms. The fourth-order valence-corrected chi connectivity index (χ4v) is 2.53. The van der Waals surface area contributed by atoms with E-state index < -0.39 is 10.0 Å². The summed E-state index contributed by atoms with van der Waals surface area (Å²) in [6.07, 6.45) is 0.800. The van der Waals surface area contributed by atoms with Crippen LogP contribution in [0, 0.1) is 0 Å². The second-order valence-electron chi connectivity index (χ2n) is 4.49. The maximum Gasteiger partial charge on any atom is 0.251 e. The lowest BCUT2D eigenvalue weighted by Crippen LogP contribution is -2.33. The Morgan fingerprint density at radius 2 is 2.21 bits per heavy atom. The van der Waals surface area contributed by atoms with Crippen LogP contribution in [0.3, 0.4) is 0 Å². The van der Waals surface area contributed by atoms with Crippen molar-refractivity contribution in [3.8, 4) is 0 Å². The van der Waals surface area contributed by atoms with Crippen LogP contribution in [-0.4, -0.2) is 33.2 Å². The third-order valence-electron chi connectivity index (χ3n) is 3.06. The van der Waals surface area contributed by atoms with Gasteiger partial charge in [0.1, 0.15) is 0 Å². The van der Waals surface area contributed by atoms with Crippen LogP contribution in [0.2, 0.25) is 0 Å². The molecule has 6 nitrogen and oxygen atoms in total. The Hall–Kier alpha value is -1.44. The Bertz CT molecular complexity index is 584. The van der Waals surface area contributed by atoms with Crippen LogP contribution in [0.5, 0.6) is 0 Å². The van der Waals surface area contributed by atoms with Crippen molar-refractivity contribution < 1.29 is 13.2 Å². The molecule has 1 aromatic rings. The van der Waals surface area contributed by atoms with Gasteiger partial charge in [0, 0.05) is 18.7 Å². The number of hydrogen-bond donors (Lipinski definition) is 3. The van der Waals surface area contributed by atoms with Gasteiger partial charge in [-0.15, -0.1) is 0 Å². The number of nitrogens with two attached hydrogens (primary N) is 1. The number of carbonyl (C=O) groups is 1. The van der Waals surface area contributed by atoms with Crippen molar-refractivity contribution >= 4 is 15.9 Å². The summed E-state index contributed by atoms with van der Waals surface area (Å²) in [6, 6.07) is 5.58. The van der Waals surface area contributed by atoms with E-state index in [1.165, 1.54) is 0 Å². The highest BCUT2D eigenvalue weighted by Gasteiger charge is 2.17. The van der Waals surface area contributed by atoms with E-state index in [2.05, 4.69) is 10.6 Å².